The molecule has 3 rings (SSSR count). The van der Waals surface area contributed by atoms with Crippen molar-refractivity contribution in [3.05, 3.63) is 82.4 Å². The highest BCUT2D eigenvalue weighted by Gasteiger charge is 2.32. The van der Waals surface area contributed by atoms with Gasteiger partial charge in [-0.2, -0.15) is 13.2 Å². The Bertz CT molecular complexity index is 744. The van der Waals surface area contributed by atoms with Gasteiger partial charge in [-0.3, -0.25) is 0 Å². The molecule has 0 saturated carbocycles. The van der Waals surface area contributed by atoms with E-state index in [1.807, 2.05) is 48.5 Å². The monoisotopic (exact) mass is 365 g/mol. The van der Waals surface area contributed by atoms with Gasteiger partial charge in [0.2, 0.25) is 0 Å². The van der Waals surface area contributed by atoms with Gasteiger partial charge in [0.1, 0.15) is 11.5 Å². The Morgan fingerprint density at radius 2 is 1.68 bits per heavy atom. The van der Waals surface area contributed by atoms with Crippen LogP contribution in [0.2, 0.25) is 0 Å². The van der Waals surface area contributed by atoms with Crippen LogP contribution in [-0.4, -0.2) is 19.1 Å². The summed E-state index contributed by atoms with van der Waals surface area (Å²) >= 11 is 1.59. The molecule has 0 amide bonds. The summed E-state index contributed by atoms with van der Waals surface area (Å²) in [6, 6.07) is 15.2. The summed E-state index contributed by atoms with van der Waals surface area (Å²) in [5.41, 5.74) is 1.24. The average molecular weight is 365 g/mol. The van der Waals surface area contributed by atoms with E-state index in [1.165, 1.54) is 12.1 Å². The summed E-state index contributed by atoms with van der Waals surface area (Å²) in [5.74, 6) is 0. The number of nitrogens with zero attached hydrogens (tertiary/aromatic N) is 1. The zero-order valence-corrected chi connectivity index (χ0v) is 14.6. The standard InChI is InChI=1S/C19H18F3NOS/c1-23-12-16(17(24-2)13-6-4-3-5-7-13)25-18(23)14-8-10-15(11-9-14)19(20,21)22/h3-12,17-18H,1-2H3. The lowest BCUT2D eigenvalue weighted by atomic mass is 10.1. The van der Waals surface area contributed by atoms with Crippen LogP contribution in [0.15, 0.2) is 65.7 Å². The third-order valence-electron chi connectivity index (χ3n) is 4.07. The second kappa shape index (κ2) is 7.14. The molecule has 0 saturated heterocycles. The predicted molar refractivity (Wildman–Crippen MR) is 93.8 cm³/mol. The number of rotatable bonds is 4. The molecular formula is C19H18F3NOS. The van der Waals surface area contributed by atoms with Gasteiger partial charge in [-0.15, -0.1) is 0 Å². The molecular weight excluding hydrogens is 347 g/mol. The van der Waals surface area contributed by atoms with Crippen LogP contribution in [0.25, 0.3) is 0 Å². The molecule has 1 aliphatic rings. The summed E-state index contributed by atoms with van der Waals surface area (Å²) in [6.45, 7) is 0. The Kier molecular flexibility index (Phi) is 5.11. The van der Waals surface area contributed by atoms with Gasteiger partial charge in [-0.25, -0.2) is 0 Å². The van der Waals surface area contributed by atoms with E-state index in [4.69, 9.17) is 4.74 Å². The van der Waals surface area contributed by atoms with Crippen LogP contribution in [0.3, 0.4) is 0 Å². The first-order valence-electron chi connectivity index (χ1n) is 7.75. The zero-order valence-electron chi connectivity index (χ0n) is 13.8. The maximum atomic E-state index is 12.7. The van der Waals surface area contributed by atoms with Gasteiger partial charge in [0, 0.05) is 25.3 Å². The van der Waals surface area contributed by atoms with Crippen molar-refractivity contribution in [2.75, 3.05) is 14.2 Å². The number of hydrogen-bond acceptors (Lipinski definition) is 3. The van der Waals surface area contributed by atoms with Gasteiger partial charge in [0.25, 0.3) is 0 Å². The highest BCUT2D eigenvalue weighted by atomic mass is 32.2. The van der Waals surface area contributed by atoms with Gasteiger partial charge >= 0.3 is 6.18 Å². The van der Waals surface area contributed by atoms with Gasteiger partial charge in [-0.05, 0) is 23.3 Å². The van der Waals surface area contributed by atoms with Crippen LogP contribution in [0.4, 0.5) is 13.2 Å². The van der Waals surface area contributed by atoms with Gasteiger partial charge < -0.3 is 9.64 Å². The highest BCUT2D eigenvalue weighted by molar-refractivity contribution is 8.03. The van der Waals surface area contributed by atoms with E-state index in [9.17, 15) is 13.2 Å². The van der Waals surface area contributed by atoms with E-state index in [1.54, 1.807) is 18.9 Å². The van der Waals surface area contributed by atoms with Crippen molar-refractivity contribution in [2.45, 2.75) is 17.7 Å². The molecule has 2 atom stereocenters. The minimum absolute atomic E-state index is 0.0707. The second-order valence-corrected chi connectivity index (χ2v) is 6.97. The van der Waals surface area contributed by atoms with E-state index in [2.05, 4.69) is 0 Å². The van der Waals surface area contributed by atoms with E-state index in [-0.39, 0.29) is 11.5 Å². The van der Waals surface area contributed by atoms with Crippen molar-refractivity contribution < 1.29 is 17.9 Å². The maximum Gasteiger partial charge on any atom is 0.416 e. The van der Waals surface area contributed by atoms with Gasteiger partial charge in [0.15, 0.2) is 0 Å². The van der Waals surface area contributed by atoms with Crippen LogP contribution < -0.4 is 0 Å². The number of benzene rings is 2. The van der Waals surface area contributed by atoms with Crippen molar-refractivity contribution >= 4 is 11.8 Å². The summed E-state index contributed by atoms with van der Waals surface area (Å²) in [7, 11) is 3.57. The molecule has 132 valence electrons. The smallest absolute Gasteiger partial charge is 0.371 e. The molecule has 2 unspecified atom stereocenters. The number of ether oxygens (including phenoxy) is 1. The Morgan fingerprint density at radius 3 is 2.24 bits per heavy atom. The molecule has 2 nitrogen and oxygen atoms in total. The normalized spacial score (nSPS) is 19.0. The number of halogens is 3. The molecule has 0 radical (unpaired) electrons. The van der Waals surface area contributed by atoms with Crippen LogP contribution in [-0.2, 0) is 10.9 Å². The molecule has 0 N–H and O–H groups in total. The number of hydrogen-bond donors (Lipinski definition) is 0. The summed E-state index contributed by atoms with van der Waals surface area (Å²) in [4.78, 5) is 3.03. The Morgan fingerprint density at radius 1 is 1.04 bits per heavy atom. The van der Waals surface area contributed by atoms with E-state index in [0.717, 1.165) is 28.2 Å². The van der Waals surface area contributed by atoms with Gasteiger partial charge in [-0.1, -0.05) is 54.2 Å². The summed E-state index contributed by atoms with van der Waals surface area (Å²) in [5, 5.41) is -0.0707. The molecule has 0 spiro atoms. The lowest BCUT2D eigenvalue weighted by Crippen LogP contribution is -2.12. The van der Waals surface area contributed by atoms with Crippen molar-refractivity contribution in [2.24, 2.45) is 0 Å². The molecule has 0 bridgehead atoms. The topological polar surface area (TPSA) is 12.5 Å². The second-order valence-electron chi connectivity index (χ2n) is 5.81. The average Bonchev–Trinajstić information content (AvgIpc) is 2.97. The predicted octanol–water partition coefficient (Wildman–Crippen LogP) is 5.61. The SMILES string of the molecule is COC(C1=CN(C)C(c2ccc(C(F)(F)F)cc2)S1)c1ccccc1. The van der Waals surface area contributed by atoms with Crippen LogP contribution in [0.1, 0.15) is 28.2 Å². The van der Waals surface area contributed by atoms with E-state index >= 15 is 0 Å². The van der Waals surface area contributed by atoms with E-state index < -0.39 is 11.7 Å². The molecule has 0 aromatic heterocycles. The van der Waals surface area contributed by atoms with Crippen molar-refractivity contribution in [1.82, 2.24) is 4.90 Å². The first-order chi connectivity index (χ1) is 11.9. The highest BCUT2D eigenvalue weighted by Crippen LogP contribution is 2.48. The molecule has 6 heteroatoms. The quantitative estimate of drug-likeness (QED) is 0.699. The molecule has 25 heavy (non-hydrogen) atoms. The molecule has 2 aromatic rings. The third-order valence-corrected chi connectivity index (χ3v) is 5.49. The molecule has 1 aliphatic heterocycles. The molecule has 1 heterocycles. The lowest BCUT2D eigenvalue weighted by molar-refractivity contribution is -0.137. The summed E-state index contributed by atoms with van der Waals surface area (Å²) in [6.07, 6.45) is -2.51. The van der Waals surface area contributed by atoms with Crippen LogP contribution in [0.5, 0.6) is 0 Å². The molecule has 2 aromatic carbocycles. The van der Waals surface area contributed by atoms with Crippen molar-refractivity contribution in [1.29, 1.82) is 0 Å². The fourth-order valence-corrected chi connectivity index (χ4v) is 4.19. The van der Waals surface area contributed by atoms with Gasteiger partial charge in [0.05, 0.1) is 5.56 Å². The largest absolute Gasteiger partial charge is 0.416 e. The molecule has 0 fully saturated rings. The first-order valence-corrected chi connectivity index (χ1v) is 8.63. The minimum atomic E-state index is -4.31. The van der Waals surface area contributed by atoms with Crippen molar-refractivity contribution in [3.8, 4) is 0 Å². The Hall–Kier alpha value is -1.92. The zero-order chi connectivity index (χ0) is 18.0. The summed E-state index contributed by atoms with van der Waals surface area (Å²) < 4.78 is 43.8. The number of methoxy groups -OCH3 is 1. The number of thioether (sulfide) groups is 1. The van der Waals surface area contributed by atoms with Crippen LogP contribution >= 0.6 is 11.8 Å². The lowest BCUT2D eigenvalue weighted by Gasteiger charge is -2.21. The minimum Gasteiger partial charge on any atom is -0.371 e. The van der Waals surface area contributed by atoms with E-state index in [0.29, 0.717) is 0 Å². The fraction of sp³-hybridized carbons (Fsp3) is 0.263. The first kappa shape index (κ1) is 17.9. The maximum absolute atomic E-state index is 12.7. The Labute approximate surface area is 149 Å². The number of alkyl halides is 3. The van der Waals surface area contributed by atoms with Crippen molar-refractivity contribution in [3.63, 3.8) is 0 Å². The fourth-order valence-electron chi connectivity index (χ4n) is 2.82. The van der Waals surface area contributed by atoms with Crippen LogP contribution in [0, 0.1) is 0 Å². The molecule has 0 aliphatic carbocycles. The Balaban J connectivity index is 1.79. The third kappa shape index (κ3) is 3.85.